The number of amides is 2. The van der Waals surface area contributed by atoms with Gasteiger partial charge in [0.2, 0.25) is 12.7 Å². The van der Waals surface area contributed by atoms with Gasteiger partial charge in [-0.05, 0) is 12.1 Å². The van der Waals surface area contributed by atoms with E-state index in [1.165, 1.54) is 11.8 Å². The van der Waals surface area contributed by atoms with Crippen molar-refractivity contribution in [3.8, 4) is 11.5 Å². The third-order valence-corrected chi connectivity index (χ3v) is 3.12. The van der Waals surface area contributed by atoms with Crippen LogP contribution >= 0.6 is 0 Å². The molecule has 2 aliphatic heterocycles. The van der Waals surface area contributed by atoms with Gasteiger partial charge in [-0.3, -0.25) is 9.69 Å². The van der Waals surface area contributed by atoms with Crippen LogP contribution in [-0.2, 0) is 9.53 Å². The van der Waals surface area contributed by atoms with E-state index in [1.54, 1.807) is 18.2 Å². The SMILES string of the molecule is CC(=O)NC[C@H]1CN(c2ccc3c(c2)OCO3)C(=O)O1. The van der Waals surface area contributed by atoms with E-state index >= 15 is 0 Å². The van der Waals surface area contributed by atoms with Crippen molar-refractivity contribution in [2.45, 2.75) is 13.0 Å². The Hall–Kier alpha value is -2.44. The van der Waals surface area contributed by atoms with Crippen LogP contribution in [-0.4, -0.2) is 38.0 Å². The second-order valence-corrected chi connectivity index (χ2v) is 4.59. The summed E-state index contributed by atoms with van der Waals surface area (Å²) in [6, 6.07) is 5.27. The number of benzene rings is 1. The zero-order valence-electron chi connectivity index (χ0n) is 10.9. The van der Waals surface area contributed by atoms with E-state index in [4.69, 9.17) is 14.2 Å². The van der Waals surface area contributed by atoms with Crippen molar-refractivity contribution in [3.63, 3.8) is 0 Å². The minimum atomic E-state index is -0.431. The molecule has 1 aromatic rings. The molecule has 7 nitrogen and oxygen atoms in total. The second kappa shape index (κ2) is 4.92. The molecule has 0 aliphatic carbocycles. The zero-order chi connectivity index (χ0) is 14.1. The predicted molar refractivity (Wildman–Crippen MR) is 68.9 cm³/mol. The third-order valence-electron chi connectivity index (χ3n) is 3.12. The van der Waals surface area contributed by atoms with Gasteiger partial charge in [0.05, 0.1) is 18.8 Å². The number of hydrogen-bond acceptors (Lipinski definition) is 5. The van der Waals surface area contributed by atoms with Gasteiger partial charge in [-0.15, -0.1) is 0 Å². The number of anilines is 1. The number of rotatable bonds is 3. The molecule has 1 N–H and O–H groups in total. The smallest absolute Gasteiger partial charge is 0.414 e. The van der Waals surface area contributed by atoms with Gasteiger partial charge in [-0.25, -0.2) is 4.79 Å². The number of nitrogens with one attached hydrogen (secondary N) is 1. The van der Waals surface area contributed by atoms with Crippen LogP contribution in [0.5, 0.6) is 11.5 Å². The molecular formula is C13H14N2O5. The van der Waals surface area contributed by atoms with Crippen molar-refractivity contribution >= 4 is 17.7 Å². The molecule has 1 atom stereocenters. The first-order valence-electron chi connectivity index (χ1n) is 6.26. The molecule has 2 aliphatic rings. The van der Waals surface area contributed by atoms with E-state index < -0.39 is 6.09 Å². The zero-order valence-corrected chi connectivity index (χ0v) is 10.9. The van der Waals surface area contributed by atoms with E-state index in [0.717, 1.165) is 0 Å². The minimum Gasteiger partial charge on any atom is -0.454 e. The predicted octanol–water partition coefficient (Wildman–Crippen LogP) is 0.877. The fourth-order valence-corrected chi connectivity index (χ4v) is 2.15. The van der Waals surface area contributed by atoms with Gasteiger partial charge in [0.25, 0.3) is 0 Å². The first-order valence-corrected chi connectivity index (χ1v) is 6.26. The summed E-state index contributed by atoms with van der Waals surface area (Å²) in [5.74, 6) is 1.12. The van der Waals surface area contributed by atoms with Crippen LogP contribution in [0.25, 0.3) is 0 Å². The number of carbonyl (C=O) groups is 2. The van der Waals surface area contributed by atoms with Crippen LogP contribution in [0.3, 0.4) is 0 Å². The highest BCUT2D eigenvalue weighted by Crippen LogP contribution is 2.36. The van der Waals surface area contributed by atoms with E-state index in [9.17, 15) is 9.59 Å². The summed E-state index contributed by atoms with van der Waals surface area (Å²) >= 11 is 0. The Labute approximate surface area is 115 Å². The number of ether oxygens (including phenoxy) is 3. The molecule has 7 heteroatoms. The van der Waals surface area contributed by atoms with Gasteiger partial charge >= 0.3 is 6.09 Å². The quantitative estimate of drug-likeness (QED) is 0.888. The van der Waals surface area contributed by atoms with Gasteiger partial charge < -0.3 is 19.5 Å². The first-order chi connectivity index (χ1) is 9.63. The molecule has 0 bridgehead atoms. The van der Waals surface area contributed by atoms with E-state index in [1.807, 2.05) is 0 Å². The molecule has 106 valence electrons. The average molecular weight is 278 g/mol. The van der Waals surface area contributed by atoms with Crippen molar-refractivity contribution in [1.29, 1.82) is 0 Å². The maximum Gasteiger partial charge on any atom is 0.414 e. The fraction of sp³-hybridized carbons (Fsp3) is 0.385. The highest BCUT2D eigenvalue weighted by molar-refractivity contribution is 5.90. The van der Waals surface area contributed by atoms with Crippen molar-refractivity contribution in [3.05, 3.63) is 18.2 Å². The minimum absolute atomic E-state index is 0.150. The Morgan fingerprint density at radius 3 is 3.00 bits per heavy atom. The summed E-state index contributed by atoms with van der Waals surface area (Å²) in [7, 11) is 0. The summed E-state index contributed by atoms with van der Waals surface area (Å²) in [4.78, 5) is 24.2. The van der Waals surface area contributed by atoms with Gasteiger partial charge in [-0.2, -0.15) is 0 Å². The molecule has 2 amide bonds. The number of cyclic esters (lactones) is 1. The van der Waals surface area contributed by atoms with E-state index in [2.05, 4.69) is 5.32 Å². The molecule has 1 saturated heterocycles. The summed E-state index contributed by atoms with van der Waals surface area (Å²) in [6.45, 7) is 2.31. The molecule has 2 heterocycles. The molecule has 0 unspecified atom stereocenters. The Morgan fingerprint density at radius 2 is 2.20 bits per heavy atom. The number of fused-ring (bicyclic) bond motifs is 1. The monoisotopic (exact) mass is 278 g/mol. The van der Waals surface area contributed by atoms with Crippen molar-refractivity contribution in [2.24, 2.45) is 0 Å². The normalized spacial score (nSPS) is 19.9. The molecule has 3 rings (SSSR count). The van der Waals surface area contributed by atoms with Crippen molar-refractivity contribution in [2.75, 3.05) is 24.8 Å². The lowest BCUT2D eigenvalue weighted by Gasteiger charge is -2.13. The van der Waals surface area contributed by atoms with Crippen LogP contribution in [0.15, 0.2) is 18.2 Å². The molecule has 0 saturated carbocycles. The van der Waals surface area contributed by atoms with Crippen molar-refractivity contribution < 1.29 is 23.8 Å². The molecule has 0 spiro atoms. The Kier molecular flexibility index (Phi) is 3.09. The molecule has 0 radical (unpaired) electrons. The maximum absolute atomic E-state index is 11.8. The number of nitrogens with zero attached hydrogens (tertiary/aromatic N) is 1. The largest absolute Gasteiger partial charge is 0.454 e. The Balaban J connectivity index is 1.71. The summed E-state index contributed by atoms with van der Waals surface area (Å²) < 4.78 is 15.7. The van der Waals surface area contributed by atoms with Crippen LogP contribution < -0.4 is 19.7 Å². The molecule has 20 heavy (non-hydrogen) atoms. The first kappa shape index (κ1) is 12.6. The van der Waals surface area contributed by atoms with Crippen LogP contribution in [0, 0.1) is 0 Å². The van der Waals surface area contributed by atoms with Gasteiger partial charge in [-0.1, -0.05) is 0 Å². The van der Waals surface area contributed by atoms with Crippen LogP contribution in [0.1, 0.15) is 6.92 Å². The molecule has 1 aromatic carbocycles. The third kappa shape index (κ3) is 2.34. The second-order valence-electron chi connectivity index (χ2n) is 4.59. The highest BCUT2D eigenvalue weighted by atomic mass is 16.7. The lowest BCUT2D eigenvalue weighted by molar-refractivity contribution is -0.119. The lowest BCUT2D eigenvalue weighted by atomic mass is 10.2. The number of hydrogen-bond donors (Lipinski definition) is 1. The molecule has 1 fully saturated rings. The topological polar surface area (TPSA) is 77.1 Å². The lowest BCUT2D eigenvalue weighted by Crippen LogP contribution is -2.33. The summed E-state index contributed by atoms with van der Waals surface area (Å²) in [5, 5.41) is 2.63. The Bertz CT molecular complexity index is 560. The van der Waals surface area contributed by atoms with Gasteiger partial charge in [0.15, 0.2) is 11.5 Å². The van der Waals surface area contributed by atoms with Gasteiger partial charge in [0.1, 0.15) is 6.10 Å². The molecule has 0 aromatic heterocycles. The highest BCUT2D eigenvalue weighted by Gasteiger charge is 2.33. The van der Waals surface area contributed by atoms with Crippen LogP contribution in [0.4, 0.5) is 10.5 Å². The maximum atomic E-state index is 11.8. The van der Waals surface area contributed by atoms with Gasteiger partial charge in [0, 0.05) is 13.0 Å². The average Bonchev–Trinajstić information content (AvgIpc) is 3.01. The summed E-state index contributed by atoms with van der Waals surface area (Å²) in [5.41, 5.74) is 0.685. The van der Waals surface area contributed by atoms with Crippen molar-refractivity contribution in [1.82, 2.24) is 5.32 Å². The van der Waals surface area contributed by atoms with Crippen LogP contribution in [0.2, 0.25) is 0 Å². The summed E-state index contributed by atoms with van der Waals surface area (Å²) in [6.07, 6.45) is -0.781. The fourth-order valence-electron chi connectivity index (χ4n) is 2.15. The van der Waals surface area contributed by atoms with E-state index in [0.29, 0.717) is 30.3 Å². The van der Waals surface area contributed by atoms with E-state index in [-0.39, 0.29) is 18.8 Å². The standard InChI is InChI=1S/C13H14N2O5/c1-8(16)14-5-10-6-15(13(17)20-10)9-2-3-11-12(4-9)19-7-18-11/h2-4,10H,5-7H2,1H3,(H,14,16)/t10-/m0/s1. The number of carbonyl (C=O) groups excluding carboxylic acids is 2. The molecular weight excluding hydrogens is 264 g/mol. The Morgan fingerprint density at radius 1 is 1.40 bits per heavy atom.